The van der Waals surface area contributed by atoms with Crippen LogP contribution in [0.4, 0.5) is 5.69 Å². The van der Waals surface area contributed by atoms with E-state index in [4.69, 9.17) is 0 Å². The first kappa shape index (κ1) is 20.1. The van der Waals surface area contributed by atoms with Crippen LogP contribution in [0.3, 0.4) is 0 Å². The van der Waals surface area contributed by atoms with Gasteiger partial charge >= 0.3 is 0 Å². The first-order chi connectivity index (χ1) is 14.3. The van der Waals surface area contributed by atoms with E-state index >= 15 is 0 Å². The molecular weight excluding hydrogens is 370 g/mol. The van der Waals surface area contributed by atoms with E-state index in [0.29, 0.717) is 35.9 Å². The van der Waals surface area contributed by atoms with Gasteiger partial charge in [0.1, 0.15) is 0 Å². The lowest BCUT2D eigenvalue weighted by Crippen LogP contribution is -2.51. The molecule has 3 heteroatoms. The SMILES string of the molecule is CNc1ccc([C@H]2C[C@@]3(C)[C@@H](C[C@@H](C)C3(C)O)[C@@H]3CCC4=CC(=O)CCC4=C32)cc1. The lowest BCUT2D eigenvalue weighted by atomic mass is 9.51. The zero-order chi connectivity index (χ0) is 21.3. The Labute approximate surface area is 180 Å². The third-order valence-electron chi connectivity index (χ3n) is 9.45. The van der Waals surface area contributed by atoms with Crippen LogP contribution in [0.15, 0.2) is 47.1 Å². The molecule has 1 aromatic rings. The maximum atomic E-state index is 12.1. The maximum absolute atomic E-state index is 12.1. The van der Waals surface area contributed by atoms with Crippen LogP contribution in [0.5, 0.6) is 0 Å². The van der Waals surface area contributed by atoms with Gasteiger partial charge in [-0.05, 0) is 91.7 Å². The monoisotopic (exact) mass is 405 g/mol. The Morgan fingerprint density at radius 3 is 2.53 bits per heavy atom. The van der Waals surface area contributed by atoms with Crippen molar-refractivity contribution in [2.45, 2.75) is 70.8 Å². The highest BCUT2D eigenvalue weighted by molar-refractivity contribution is 5.93. The second-order valence-electron chi connectivity index (χ2n) is 10.7. The van der Waals surface area contributed by atoms with Crippen molar-refractivity contribution in [1.29, 1.82) is 0 Å². The molecule has 4 aliphatic rings. The maximum Gasteiger partial charge on any atom is 0.156 e. The van der Waals surface area contributed by atoms with Crippen LogP contribution in [0.1, 0.15) is 70.8 Å². The average molecular weight is 406 g/mol. The largest absolute Gasteiger partial charge is 0.389 e. The quantitative estimate of drug-likeness (QED) is 0.671. The molecule has 0 heterocycles. The Morgan fingerprint density at radius 2 is 1.83 bits per heavy atom. The van der Waals surface area contributed by atoms with Crippen LogP contribution < -0.4 is 5.32 Å². The van der Waals surface area contributed by atoms with Gasteiger partial charge < -0.3 is 10.4 Å². The molecule has 0 radical (unpaired) electrons. The van der Waals surface area contributed by atoms with Crippen molar-refractivity contribution in [2.24, 2.45) is 23.2 Å². The normalized spacial score (nSPS) is 40.4. The molecule has 6 atom stereocenters. The zero-order valence-corrected chi connectivity index (χ0v) is 18.8. The number of hydrogen-bond acceptors (Lipinski definition) is 3. The molecule has 0 spiro atoms. The zero-order valence-electron chi connectivity index (χ0n) is 18.8. The number of carbonyl (C=O) groups excluding carboxylic acids is 1. The Bertz CT molecular complexity index is 938. The highest BCUT2D eigenvalue weighted by atomic mass is 16.3. The molecule has 5 rings (SSSR count). The fourth-order valence-corrected chi connectivity index (χ4v) is 7.38. The second kappa shape index (κ2) is 6.82. The number of hydrogen-bond donors (Lipinski definition) is 2. The predicted octanol–water partition coefficient (Wildman–Crippen LogP) is 5.62. The fraction of sp³-hybridized carbons (Fsp3) is 0.593. The van der Waals surface area contributed by atoms with Gasteiger partial charge in [-0.2, -0.15) is 0 Å². The molecule has 2 fully saturated rings. The summed E-state index contributed by atoms with van der Waals surface area (Å²) in [5.74, 6) is 1.98. The van der Waals surface area contributed by atoms with Crippen LogP contribution in [0.2, 0.25) is 0 Å². The van der Waals surface area contributed by atoms with E-state index in [1.807, 2.05) is 13.1 Å². The molecular formula is C27H35NO2. The van der Waals surface area contributed by atoms with E-state index < -0.39 is 5.60 Å². The molecule has 0 bridgehead atoms. The minimum Gasteiger partial charge on any atom is -0.389 e. The standard InChI is InChI=1S/C27H35NO2/c1-16-13-24-22-11-7-18-14-20(29)10-12-21(18)25(22)23(15-26(24,2)27(16,3)30)17-5-8-19(28-4)9-6-17/h5-6,8-9,14,16,22-24,28,30H,7,10-13,15H2,1-4H3/t16-,22+,23-,24+,26+,27?/m1/s1. The van der Waals surface area contributed by atoms with Crippen LogP contribution in [0, 0.1) is 23.2 Å². The molecule has 3 nitrogen and oxygen atoms in total. The molecule has 2 N–H and O–H groups in total. The number of anilines is 1. The fourth-order valence-electron chi connectivity index (χ4n) is 7.38. The van der Waals surface area contributed by atoms with Crippen molar-refractivity contribution in [2.75, 3.05) is 12.4 Å². The van der Waals surface area contributed by atoms with Crippen LogP contribution in [-0.2, 0) is 4.79 Å². The molecule has 1 unspecified atom stereocenters. The van der Waals surface area contributed by atoms with Gasteiger partial charge in [-0.1, -0.05) is 31.6 Å². The van der Waals surface area contributed by atoms with Crippen molar-refractivity contribution in [3.05, 3.63) is 52.6 Å². The number of fused-ring (bicyclic) bond motifs is 4. The average Bonchev–Trinajstić information content (AvgIpc) is 2.92. The van der Waals surface area contributed by atoms with Crippen molar-refractivity contribution in [3.8, 4) is 0 Å². The van der Waals surface area contributed by atoms with Crippen LogP contribution >= 0.6 is 0 Å². The summed E-state index contributed by atoms with van der Waals surface area (Å²) in [4.78, 5) is 12.1. The van der Waals surface area contributed by atoms with Gasteiger partial charge in [-0.15, -0.1) is 0 Å². The molecule has 0 aromatic heterocycles. The lowest BCUT2D eigenvalue weighted by Gasteiger charge is -2.54. The van der Waals surface area contributed by atoms with E-state index in [9.17, 15) is 9.90 Å². The van der Waals surface area contributed by atoms with Crippen molar-refractivity contribution < 1.29 is 9.90 Å². The number of rotatable bonds is 2. The molecule has 30 heavy (non-hydrogen) atoms. The Balaban J connectivity index is 1.68. The number of benzene rings is 1. The van der Waals surface area contributed by atoms with E-state index in [1.165, 1.54) is 16.7 Å². The molecule has 0 amide bonds. The molecule has 4 aliphatic carbocycles. The van der Waals surface area contributed by atoms with Gasteiger partial charge in [0.05, 0.1) is 5.60 Å². The summed E-state index contributed by atoms with van der Waals surface area (Å²) >= 11 is 0. The Morgan fingerprint density at radius 1 is 1.10 bits per heavy atom. The minimum absolute atomic E-state index is 0.0841. The summed E-state index contributed by atoms with van der Waals surface area (Å²) in [6.07, 6.45) is 7.71. The highest BCUT2D eigenvalue weighted by Gasteiger charge is 2.63. The predicted molar refractivity (Wildman–Crippen MR) is 121 cm³/mol. The van der Waals surface area contributed by atoms with Crippen molar-refractivity contribution in [3.63, 3.8) is 0 Å². The highest BCUT2D eigenvalue weighted by Crippen LogP contribution is 2.67. The summed E-state index contributed by atoms with van der Waals surface area (Å²) in [5, 5.41) is 14.9. The van der Waals surface area contributed by atoms with Gasteiger partial charge in [0, 0.05) is 30.5 Å². The van der Waals surface area contributed by atoms with Gasteiger partial charge in [-0.25, -0.2) is 0 Å². The summed E-state index contributed by atoms with van der Waals surface area (Å²) in [6.45, 7) is 6.68. The smallest absolute Gasteiger partial charge is 0.156 e. The number of allylic oxidation sites excluding steroid dienone is 4. The summed E-state index contributed by atoms with van der Waals surface area (Å²) < 4.78 is 0. The topological polar surface area (TPSA) is 49.3 Å². The van der Waals surface area contributed by atoms with Crippen molar-refractivity contribution >= 4 is 11.5 Å². The molecule has 1 aromatic carbocycles. The summed E-state index contributed by atoms with van der Waals surface area (Å²) in [6, 6.07) is 8.88. The molecule has 160 valence electrons. The Hall–Kier alpha value is -1.87. The number of carbonyl (C=O) groups is 1. The van der Waals surface area contributed by atoms with Gasteiger partial charge in [-0.3, -0.25) is 4.79 Å². The number of ketones is 1. The lowest BCUT2D eigenvalue weighted by molar-refractivity contribution is -0.114. The van der Waals surface area contributed by atoms with Gasteiger partial charge in [0.15, 0.2) is 5.78 Å². The molecule has 2 saturated carbocycles. The minimum atomic E-state index is -0.643. The summed E-state index contributed by atoms with van der Waals surface area (Å²) in [7, 11) is 1.95. The third-order valence-corrected chi connectivity index (χ3v) is 9.45. The summed E-state index contributed by atoms with van der Waals surface area (Å²) in [5.41, 5.74) is 6.14. The third kappa shape index (κ3) is 2.70. The van der Waals surface area contributed by atoms with E-state index in [1.54, 1.807) is 5.57 Å². The molecule has 0 aliphatic heterocycles. The van der Waals surface area contributed by atoms with E-state index in [0.717, 1.165) is 37.8 Å². The van der Waals surface area contributed by atoms with Crippen molar-refractivity contribution in [1.82, 2.24) is 0 Å². The van der Waals surface area contributed by atoms with Gasteiger partial charge in [0.25, 0.3) is 0 Å². The second-order valence-corrected chi connectivity index (χ2v) is 10.7. The molecule has 0 saturated heterocycles. The van der Waals surface area contributed by atoms with E-state index in [-0.39, 0.29) is 5.41 Å². The van der Waals surface area contributed by atoms with E-state index in [2.05, 4.69) is 50.4 Å². The number of nitrogens with one attached hydrogen (secondary N) is 1. The number of aliphatic hydroxyl groups is 1. The first-order valence-corrected chi connectivity index (χ1v) is 11.7. The van der Waals surface area contributed by atoms with Crippen LogP contribution in [0.25, 0.3) is 0 Å². The first-order valence-electron chi connectivity index (χ1n) is 11.7. The Kier molecular flexibility index (Phi) is 4.56. The van der Waals surface area contributed by atoms with Gasteiger partial charge in [0.2, 0.25) is 0 Å². The van der Waals surface area contributed by atoms with Crippen LogP contribution in [-0.4, -0.2) is 23.5 Å².